The van der Waals surface area contributed by atoms with E-state index in [9.17, 15) is 4.79 Å². The Balaban J connectivity index is 0.00000200. The van der Waals surface area contributed by atoms with Crippen molar-refractivity contribution in [3.05, 3.63) is 11.6 Å². The molecule has 1 amide bonds. The van der Waals surface area contributed by atoms with Crippen molar-refractivity contribution in [2.75, 3.05) is 0 Å². The summed E-state index contributed by atoms with van der Waals surface area (Å²) in [5.41, 5.74) is 5.89. The number of rotatable bonds is 4. The number of hydrogen-bond donors (Lipinski definition) is 2. The maximum atomic E-state index is 12.0. The lowest BCUT2D eigenvalue weighted by Crippen LogP contribution is -2.48. The van der Waals surface area contributed by atoms with E-state index in [2.05, 4.69) is 29.2 Å². The lowest BCUT2D eigenvalue weighted by atomic mass is 10.0. The molecule has 1 aliphatic rings. The highest BCUT2D eigenvalue weighted by atomic mass is 35.5. The summed E-state index contributed by atoms with van der Waals surface area (Å²) in [6.45, 7) is 6.71. The Morgan fingerprint density at radius 2 is 2.25 bits per heavy atom. The maximum Gasteiger partial charge on any atom is 0.237 e. The van der Waals surface area contributed by atoms with Crippen molar-refractivity contribution in [3.8, 4) is 0 Å². The number of nitrogens with one attached hydrogen (secondary N) is 1. The summed E-state index contributed by atoms with van der Waals surface area (Å²) in [5.74, 6) is 2.17. The van der Waals surface area contributed by atoms with Crippen molar-refractivity contribution in [3.63, 3.8) is 0 Å². The van der Waals surface area contributed by atoms with Gasteiger partial charge in [-0.15, -0.1) is 12.4 Å². The van der Waals surface area contributed by atoms with Crippen LogP contribution in [-0.2, 0) is 17.8 Å². The van der Waals surface area contributed by atoms with Crippen LogP contribution in [0, 0.1) is 12.8 Å². The molecule has 0 saturated carbocycles. The second-order valence-corrected chi connectivity index (χ2v) is 5.74. The number of halogens is 1. The molecule has 0 spiro atoms. The second-order valence-electron chi connectivity index (χ2n) is 5.74. The average molecular weight is 302 g/mol. The number of aromatic nitrogens is 3. The molecule has 3 N–H and O–H groups in total. The van der Waals surface area contributed by atoms with Crippen LogP contribution >= 0.6 is 12.4 Å². The van der Waals surface area contributed by atoms with Gasteiger partial charge in [0.1, 0.15) is 11.6 Å². The van der Waals surface area contributed by atoms with Gasteiger partial charge in [0, 0.05) is 12.5 Å². The maximum absolute atomic E-state index is 12.0. The smallest absolute Gasteiger partial charge is 0.237 e. The lowest BCUT2D eigenvalue weighted by molar-refractivity contribution is -0.123. The third-order valence-electron chi connectivity index (χ3n) is 3.37. The SMILES string of the molecule is Cc1nc2n(n1)CC(NC(=O)[C@@H](N)CC(C)C)CC2.Cl. The molecule has 0 bridgehead atoms. The van der Waals surface area contributed by atoms with E-state index in [0.717, 1.165) is 24.5 Å². The molecule has 114 valence electrons. The van der Waals surface area contributed by atoms with E-state index < -0.39 is 6.04 Å². The lowest BCUT2D eigenvalue weighted by Gasteiger charge is -2.25. The van der Waals surface area contributed by atoms with Crippen molar-refractivity contribution >= 4 is 18.3 Å². The van der Waals surface area contributed by atoms with Crippen LogP contribution in [-0.4, -0.2) is 32.8 Å². The number of fused-ring (bicyclic) bond motifs is 1. The molecule has 0 aliphatic carbocycles. The Labute approximate surface area is 125 Å². The van der Waals surface area contributed by atoms with Gasteiger partial charge in [-0.3, -0.25) is 4.79 Å². The predicted molar refractivity (Wildman–Crippen MR) is 79.7 cm³/mol. The monoisotopic (exact) mass is 301 g/mol. The molecule has 0 saturated heterocycles. The van der Waals surface area contributed by atoms with Gasteiger partial charge in [0.15, 0.2) is 0 Å². The van der Waals surface area contributed by atoms with Gasteiger partial charge in [-0.05, 0) is 25.7 Å². The van der Waals surface area contributed by atoms with Crippen LogP contribution in [0.5, 0.6) is 0 Å². The fraction of sp³-hybridized carbons (Fsp3) is 0.769. The summed E-state index contributed by atoms with van der Waals surface area (Å²) in [6.07, 6.45) is 2.47. The van der Waals surface area contributed by atoms with Crippen LogP contribution in [0.2, 0.25) is 0 Å². The van der Waals surface area contributed by atoms with Gasteiger partial charge in [0.2, 0.25) is 5.91 Å². The zero-order valence-corrected chi connectivity index (χ0v) is 13.1. The number of carbonyl (C=O) groups excluding carboxylic acids is 1. The Morgan fingerprint density at radius 1 is 1.55 bits per heavy atom. The molecular formula is C13H24ClN5O. The number of aryl methyl sites for hydroxylation is 2. The van der Waals surface area contributed by atoms with E-state index in [1.165, 1.54) is 0 Å². The molecule has 1 aliphatic heterocycles. The Bertz CT molecular complexity index is 460. The van der Waals surface area contributed by atoms with Crippen molar-refractivity contribution in [1.29, 1.82) is 0 Å². The van der Waals surface area contributed by atoms with E-state index in [-0.39, 0.29) is 24.4 Å². The van der Waals surface area contributed by atoms with Gasteiger partial charge in [-0.2, -0.15) is 5.10 Å². The van der Waals surface area contributed by atoms with Crippen LogP contribution in [0.15, 0.2) is 0 Å². The first-order valence-electron chi connectivity index (χ1n) is 6.92. The van der Waals surface area contributed by atoms with Crippen molar-refractivity contribution < 1.29 is 4.79 Å². The zero-order chi connectivity index (χ0) is 14.0. The molecule has 0 fully saturated rings. The third-order valence-corrected chi connectivity index (χ3v) is 3.37. The first-order chi connectivity index (χ1) is 8.95. The number of nitrogens with two attached hydrogens (primary N) is 1. The standard InChI is InChI=1S/C13H23N5O.ClH/c1-8(2)6-11(14)13(19)16-10-4-5-12-15-9(3)17-18(12)7-10;/h8,10-11H,4-7,14H2,1-3H3,(H,16,19);1H/t10?,11-;/m0./s1. The summed E-state index contributed by atoms with van der Waals surface area (Å²) in [7, 11) is 0. The minimum absolute atomic E-state index is 0. The fourth-order valence-electron chi connectivity index (χ4n) is 2.47. The van der Waals surface area contributed by atoms with E-state index in [1.807, 2.05) is 11.6 Å². The molecule has 2 heterocycles. The summed E-state index contributed by atoms with van der Waals surface area (Å²) < 4.78 is 1.89. The molecule has 2 atom stereocenters. The molecule has 0 radical (unpaired) electrons. The predicted octanol–water partition coefficient (Wildman–Crippen LogP) is 0.813. The molecule has 1 aromatic rings. The minimum Gasteiger partial charge on any atom is -0.350 e. The summed E-state index contributed by atoms with van der Waals surface area (Å²) in [6, 6.07) is -0.307. The topological polar surface area (TPSA) is 85.8 Å². The molecular weight excluding hydrogens is 278 g/mol. The minimum atomic E-state index is -0.418. The third kappa shape index (κ3) is 4.18. The highest BCUT2D eigenvalue weighted by Gasteiger charge is 2.24. The zero-order valence-electron chi connectivity index (χ0n) is 12.3. The summed E-state index contributed by atoms with van der Waals surface area (Å²) in [5, 5.41) is 7.35. The highest BCUT2D eigenvalue weighted by molar-refractivity contribution is 5.85. The van der Waals surface area contributed by atoms with Crippen molar-refractivity contribution in [1.82, 2.24) is 20.1 Å². The van der Waals surface area contributed by atoms with Gasteiger partial charge in [0.25, 0.3) is 0 Å². The Kier molecular flexibility index (Phi) is 5.95. The van der Waals surface area contributed by atoms with Crippen LogP contribution < -0.4 is 11.1 Å². The average Bonchev–Trinajstić information content (AvgIpc) is 2.67. The number of nitrogens with zero attached hydrogens (tertiary/aromatic N) is 3. The van der Waals surface area contributed by atoms with Crippen LogP contribution in [0.1, 0.15) is 38.3 Å². The van der Waals surface area contributed by atoms with E-state index >= 15 is 0 Å². The molecule has 20 heavy (non-hydrogen) atoms. The van der Waals surface area contributed by atoms with Gasteiger partial charge < -0.3 is 11.1 Å². The molecule has 1 unspecified atom stereocenters. The summed E-state index contributed by atoms with van der Waals surface area (Å²) >= 11 is 0. The fourth-order valence-corrected chi connectivity index (χ4v) is 2.47. The van der Waals surface area contributed by atoms with Crippen LogP contribution in [0.25, 0.3) is 0 Å². The van der Waals surface area contributed by atoms with Crippen molar-refractivity contribution in [2.24, 2.45) is 11.7 Å². The van der Waals surface area contributed by atoms with Gasteiger partial charge in [-0.25, -0.2) is 9.67 Å². The van der Waals surface area contributed by atoms with Crippen LogP contribution in [0.4, 0.5) is 0 Å². The molecule has 1 aromatic heterocycles. The van der Waals surface area contributed by atoms with Gasteiger partial charge >= 0.3 is 0 Å². The molecule has 2 rings (SSSR count). The first kappa shape index (κ1) is 16.9. The van der Waals surface area contributed by atoms with Gasteiger partial charge in [0.05, 0.1) is 12.6 Å². The number of amides is 1. The Hall–Kier alpha value is -1.14. The van der Waals surface area contributed by atoms with Crippen molar-refractivity contribution in [2.45, 2.75) is 58.7 Å². The first-order valence-corrected chi connectivity index (χ1v) is 6.92. The van der Waals surface area contributed by atoms with E-state index in [0.29, 0.717) is 18.9 Å². The van der Waals surface area contributed by atoms with Gasteiger partial charge in [-0.1, -0.05) is 13.8 Å². The molecule has 6 nitrogen and oxygen atoms in total. The molecule has 7 heteroatoms. The molecule has 0 aromatic carbocycles. The van der Waals surface area contributed by atoms with E-state index in [1.54, 1.807) is 0 Å². The quantitative estimate of drug-likeness (QED) is 0.862. The largest absolute Gasteiger partial charge is 0.350 e. The Morgan fingerprint density at radius 3 is 2.90 bits per heavy atom. The second kappa shape index (κ2) is 7.04. The highest BCUT2D eigenvalue weighted by Crippen LogP contribution is 2.13. The number of hydrogen-bond acceptors (Lipinski definition) is 4. The number of carbonyl (C=O) groups is 1. The summed E-state index contributed by atoms with van der Waals surface area (Å²) in [4.78, 5) is 16.3. The normalized spacial score (nSPS) is 19.1. The van der Waals surface area contributed by atoms with Crippen LogP contribution in [0.3, 0.4) is 0 Å². The van der Waals surface area contributed by atoms with E-state index in [4.69, 9.17) is 5.73 Å².